The summed E-state index contributed by atoms with van der Waals surface area (Å²) >= 11 is 0. The van der Waals surface area contributed by atoms with Gasteiger partial charge in [-0.2, -0.15) is 4.98 Å². The number of halogens is 1. The van der Waals surface area contributed by atoms with Gasteiger partial charge >= 0.3 is 5.69 Å². The highest BCUT2D eigenvalue weighted by Gasteiger charge is 2.59. The zero-order chi connectivity index (χ0) is 15.1. The van der Waals surface area contributed by atoms with Crippen molar-refractivity contribution in [2.75, 3.05) is 5.73 Å². The molecule has 2 heterocycles. The van der Waals surface area contributed by atoms with Crippen molar-refractivity contribution in [1.29, 1.82) is 0 Å². The maximum Gasteiger partial charge on any atom is 0.354 e. The zero-order valence-electron chi connectivity index (χ0n) is 10.5. The molecule has 1 saturated heterocycles. The Kier molecular flexibility index (Phi) is 3.47. The van der Waals surface area contributed by atoms with Crippen molar-refractivity contribution in [1.82, 2.24) is 14.5 Å². The summed E-state index contributed by atoms with van der Waals surface area (Å²) in [5, 5.41) is 19.3. The number of nitrogen functional groups attached to an aromatic ring is 1. The quantitative estimate of drug-likeness (QED) is 0.547. The number of nitrogens with zero attached hydrogens (tertiary/aromatic N) is 3. The van der Waals surface area contributed by atoms with Crippen LogP contribution in [0.25, 0.3) is 0 Å². The molecule has 0 amide bonds. The van der Waals surface area contributed by atoms with Gasteiger partial charge in [-0.15, -0.1) is 6.42 Å². The van der Waals surface area contributed by atoms with E-state index in [2.05, 4.69) is 9.97 Å². The molecular weight excluding hydrogens is 271 g/mol. The van der Waals surface area contributed by atoms with Crippen LogP contribution < -0.4 is 11.4 Å². The monoisotopic (exact) mass is 284 g/mol. The van der Waals surface area contributed by atoms with Crippen molar-refractivity contribution in [2.24, 2.45) is 0 Å². The average molecular weight is 284 g/mol. The van der Waals surface area contributed by atoms with E-state index in [1.54, 1.807) is 5.92 Å². The van der Waals surface area contributed by atoms with Crippen LogP contribution in [0.3, 0.4) is 0 Å². The number of rotatable bonds is 2. The second-order valence-electron chi connectivity index (χ2n) is 4.46. The average Bonchev–Trinajstić information content (AvgIpc) is 2.64. The lowest BCUT2D eigenvalue weighted by molar-refractivity contribution is -0.0806. The van der Waals surface area contributed by atoms with E-state index in [-0.39, 0.29) is 5.95 Å². The first-order valence-electron chi connectivity index (χ1n) is 5.70. The van der Waals surface area contributed by atoms with E-state index in [9.17, 15) is 19.4 Å². The van der Waals surface area contributed by atoms with Gasteiger partial charge in [0, 0.05) is 0 Å². The Labute approximate surface area is 113 Å². The molecule has 1 fully saturated rings. The van der Waals surface area contributed by atoms with E-state index in [0.29, 0.717) is 4.57 Å². The van der Waals surface area contributed by atoms with Gasteiger partial charge in [-0.3, -0.25) is 4.57 Å². The van der Waals surface area contributed by atoms with Gasteiger partial charge in [0.15, 0.2) is 6.23 Å². The number of alkyl halides is 1. The Morgan fingerprint density at radius 3 is 2.90 bits per heavy atom. The van der Waals surface area contributed by atoms with Gasteiger partial charge in [0.05, 0.1) is 6.10 Å². The Morgan fingerprint density at radius 1 is 1.75 bits per heavy atom. The Bertz CT molecular complexity index is 613. The number of ether oxygens (including phenoxy) is 1. The highest BCUT2D eigenvalue weighted by molar-refractivity contribution is 5.20. The highest BCUT2D eigenvalue weighted by Crippen LogP contribution is 2.41. The number of nitrogens with two attached hydrogens (primary N) is 1. The van der Waals surface area contributed by atoms with E-state index < -0.39 is 35.9 Å². The van der Waals surface area contributed by atoms with Crippen LogP contribution in [0.2, 0.25) is 0 Å². The summed E-state index contributed by atoms with van der Waals surface area (Å²) < 4.78 is 20.6. The molecule has 1 aliphatic heterocycles. The summed E-state index contributed by atoms with van der Waals surface area (Å²) in [7, 11) is 0. The zero-order valence-corrected chi connectivity index (χ0v) is 10.5. The van der Waals surface area contributed by atoms with Crippen molar-refractivity contribution in [3.8, 4) is 12.3 Å². The summed E-state index contributed by atoms with van der Waals surface area (Å²) in [4.78, 5) is 18.6. The third-order valence-electron chi connectivity index (χ3n) is 3.08. The van der Waals surface area contributed by atoms with Gasteiger partial charge in [-0.25, -0.2) is 14.2 Å². The second-order valence-corrected chi connectivity index (χ2v) is 4.46. The van der Waals surface area contributed by atoms with Gasteiger partial charge in [-0.1, -0.05) is 5.92 Å². The predicted octanol–water partition coefficient (Wildman–Crippen LogP) is -1.80. The first-order chi connectivity index (χ1) is 9.31. The van der Waals surface area contributed by atoms with Crippen molar-refractivity contribution in [3.05, 3.63) is 16.8 Å². The standard InChI is InChI=1S/C11H13FN4O4/c1-3-11(12)7(18)6(5(2)17)20-8(11)16-4-14-9(13)15-10(16)19/h1,4-8,17-18H,2H3,(H2,13,15,19)/t5-,6+,7-,8+,11?/m0/s1. The number of anilines is 1. The molecule has 4 N–H and O–H groups in total. The van der Waals surface area contributed by atoms with Crippen LogP contribution in [-0.4, -0.2) is 48.7 Å². The SMILES string of the molecule is C#CC1(F)[C@@H](O)[C@@H]([C@H](C)O)O[C@H]1n1cnc(N)nc1=O. The molecule has 1 aromatic heterocycles. The summed E-state index contributed by atoms with van der Waals surface area (Å²) in [6, 6.07) is 0. The molecule has 1 unspecified atom stereocenters. The molecule has 0 aromatic carbocycles. The van der Waals surface area contributed by atoms with Crippen molar-refractivity contribution >= 4 is 5.95 Å². The maximum atomic E-state index is 14.7. The fraction of sp³-hybridized carbons (Fsp3) is 0.545. The lowest BCUT2D eigenvalue weighted by Gasteiger charge is -2.23. The number of aromatic nitrogens is 3. The molecule has 9 heteroatoms. The maximum absolute atomic E-state index is 14.7. The van der Waals surface area contributed by atoms with Crippen molar-refractivity contribution in [3.63, 3.8) is 0 Å². The molecule has 5 atom stereocenters. The predicted molar refractivity (Wildman–Crippen MR) is 65.0 cm³/mol. The van der Waals surface area contributed by atoms with Crippen LogP contribution in [0.4, 0.5) is 10.3 Å². The second kappa shape index (κ2) is 4.82. The van der Waals surface area contributed by atoms with Crippen LogP contribution in [0.1, 0.15) is 13.2 Å². The van der Waals surface area contributed by atoms with Gasteiger partial charge in [-0.05, 0) is 6.92 Å². The molecule has 108 valence electrons. The molecule has 1 aliphatic rings. The molecule has 1 aromatic rings. The molecule has 0 saturated carbocycles. The third kappa shape index (κ3) is 2.03. The number of hydrogen-bond acceptors (Lipinski definition) is 7. The first kappa shape index (κ1) is 14.4. The van der Waals surface area contributed by atoms with E-state index >= 15 is 0 Å². The number of terminal acetylenes is 1. The van der Waals surface area contributed by atoms with Crippen molar-refractivity contribution < 1.29 is 19.3 Å². The minimum Gasteiger partial charge on any atom is -0.391 e. The van der Waals surface area contributed by atoms with Crippen LogP contribution in [0.15, 0.2) is 11.1 Å². The number of aliphatic hydroxyl groups is 2. The van der Waals surface area contributed by atoms with E-state index in [1.807, 2.05) is 0 Å². The molecule has 0 aliphatic carbocycles. The Balaban J connectivity index is 2.50. The van der Waals surface area contributed by atoms with E-state index in [0.717, 1.165) is 6.33 Å². The summed E-state index contributed by atoms with van der Waals surface area (Å²) in [5.41, 5.74) is 1.59. The third-order valence-corrected chi connectivity index (χ3v) is 3.08. The first-order valence-corrected chi connectivity index (χ1v) is 5.70. The normalized spacial score (nSPS) is 34.6. The molecule has 0 radical (unpaired) electrons. The van der Waals surface area contributed by atoms with E-state index in [1.165, 1.54) is 6.92 Å². The summed E-state index contributed by atoms with van der Waals surface area (Å²) in [6.07, 6.45) is 0.0775. The fourth-order valence-corrected chi connectivity index (χ4v) is 2.03. The van der Waals surface area contributed by atoms with Gasteiger partial charge < -0.3 is 20.7 Å². The van der Waals surface area contributed by atoms with Crippen molar-refractivity contribution in [2.45, 2.75) is 37.1 Å². The minimum absolute atomic E-state index is 0.290. The Morgan fingerprint density at radius 2 is 2.40 bits per heavy atom. The lowest BCUT2D eigenvalue weighted by Crippen LogP contribution is -2.45. The van der Waals surface area contributed by atoms with Gasteiger partial charge in [0.2, 0.25) is 11.6 Å². The largest absolute Gasteiger partial charge is 0.391 e. The smallest absolute Gasteiger partial charge is 0.354 e. The fourth-order valence-electron chi connectivity index (χ4n) is 2.03. The molecule has 0 bridgehead atoms. The molecule has 8 nitrogen and oxygen atoms in total. The van der Waals surface area contributed by atoms with Crippen LogP contribution >= 0.6 is 0 Å². The minimum atomic E-state index is -2.70. The topological polar surface area (TPSA) is 123 Å². The molecule has 20 heavy (non-hydrogen) atoms. The van der Waals surface area contributed by atoms with Gasteiger partial charge in [0.25, 0.3) is 0 Å². The summed E-state index contributed by atoms with van der Waals surface area (Å²) in [5.74, 6) is 1.48. The molecule has 2 rings (SSSR count). The number of aliphatic hydroxyl groups excluding tert-OH is 2. The lowest BCUT2D eigenvalue weighted by atomic mass is 9.95. The molecular formula is C11H13FN4O4. The van der Waals surface area contributed by atoms with E-state index in [4.69, 9.17) is 16.9 Å². The highest BCUT2D eigenvalue weighted by atomic mass is 19.1. The molecule has 0 spiro atoms. The Hall–Kier alpha value is -2.02. The number of hydrogen-bond donors (Lipinski definition) is 3. The van der Waals surface area contributed by atoms with Crippen LogP contribution in [0, 0.1) is 12.3 Å². The van der Waals surface area contributed by atoms with Crippen LogP contribution in [0.5, 0.6) is 0 Å². The van der Waals surface area contributed by atoms with Gasteiger partial charge in [0.1, 0.15) is 18.5 Å². The summed E-state index contributed by atoms with van der Waals surface area (Å²) in [6.45, 7) is 1.30. The van der Waals surface area contributed by atoms with Crippen LogP contribution in [-0.2, 0) is 4.74 Å².